The molecular formula is C20H22ClNO3S. The average Bonchev–Trinajstić information content (AvgIpc) is 2.62. The Morgan fingerprint density at radius 2 is 1.77 bits per heavy atom. The zero-order chi connectivity index (χ0) is 18.6. The molecule has 26 heavy (non-hydrogen) atoms. The van der Waals surface area contributed by atoms with E-state index in [2.05, 4.69) is 5.32 Å². The van der Waals surface area contributed by atoms with Gasteiger partial charge >= 0.3 is 0 Å². The normalized spacial score (nSPS) is 15.6. The number of rotatable bonds is 5. The fourth-order valence-electron chi connectivity index (χ4n) is 3.35. The maximum Gasteiger partial charge on any atom is 0.255 e. The summed E-state index contributed by atoms with van der Waals surface area (Å²) in [5.41, 5.74) is 1.73. The van der Waals surface area contributed by atoms with Crippen LogP contribution in [0.3, 0.4) is 0 Å². The monoisotopic (exact) mass is 391 g/mol. The molecule has 0 aliphatic heterocycles. The van der Waals surface area contributed by atoms with Gasteiger partial charge in [0.05, 0.1) is 11.0 Å². The van der Waals surface area contributed by atoms with Gasteiger partial charge in [-0.25, -0.2) is 8.42 Å². The molecule has 0 radical (unpaired) electrons. The highest BCUT2D eigenvalue weighted by Crippen LogP contribution is 2.26. The molecule has 0 bridgehead atoms. The minimum atomic E-state index is -3.17. The number of carbonyl (C=O) groups excluding carboxylic acids is 1. The summed E-state index contributed by atoms with van der Waals surface area (Å²) < 4.78 is 25.3. The molecule has 0 aromatic heterocycles. The fourth-order valence-corrected chi connectivity index (χ4v) is 5.47. The first kappa shape index (κ1) is 18.9. The Bertz CT molecular complexity index is 889. The van der Waals surface area contributed by atoms with E-state index in [0.717, 1.165) is 32.1 Å². The van der Waals surface area contributed by atoms with E-state index in [1.807, 2.05) is 0 Å². The average molecular weight is 392 g/mol. The predicted molar refractivity (Wildman–Crippen MR) is 105 cm³/mol. The van der Waals surface area contributed by atoms with Crippen molar-refractivity contribution in [2.75, 3.05) is 5.32 Å². The molecular weight excluding hydrogens is 370 g/mol. The minimum absolute atomic E-state index is 0.0124. The SMILES string of the molecule is O=C(Nc1cccc(CS(=O)(=O)C2CCCCC2)c1)c1cccc(Cl)c1. The van der Waals surface area contributed by atoms with Crippen LogP contribution < -0.4 is 5.32 Å². The number of anilines is 1. The van der Waals surface area contributed by atoms with E-state index < -0.39 is 9.84 Å². The summed E-state index contributed by atoms with van der Waals surface area (Å²) in [5, 5.41) is 3.05. The van der Waals surface area contributed by atoms with Crippen LogP contribution in [0.2, 0.25) is 5.02 Å². The lowest BCUT2D eigenvalue weighted by molar-refractivity contribution is 0.102. The molecule has 2 aromatic carbocycles. The highest BCUT2D eigenvalue weighted by Gasteiger charge is 2.27. The van der Waals surface area contributed by atoms with Gasteiger partial charge in [0.25, 0.3) is 5.91 Å². The number of hydrogen-bond donors (Lipinski definition) is 1. The highest BCUT2D eigenvalue weighted by atomic mass is 35.5. The van der Waals surface area contributed by atoms with Gasteiger partial charge in [0.15, 0.2) is 9.84 Å². The number of carbonyl (C=O) groups is 1. The molecule has 1 amide bonds. The molecule has 1 aliphatic carbocycles. The Balaban J connectivity index is 1.71. The molecule has 2 aromatic rings. The second kappa shape index (κ2) is 8.23. The van der Waals surface area contributed by atoms with Crippen LogP contribution in [0, 0.1) is 0 Å². The van der Waals surface area contributed by atoms with Crippen molar-refractivity contribution in [3.63, 3.8) is 0 Å². The zero-order valence-corrected chi connectivity index (χ0v) is 16.0. The van der Waals surface area contributed by atoms with E-state index in [9.17, 15) is 13.2 Å². The lowest BCUT2D eigenvalue weighted by Gasteiger charge is -2.21. The van der Waals surface area contributed by atoms with Gasteiger partial charge in [-0.3, -0.25) is 4.79 Å². The lowest BCUT2D eigenvalue weighted by atomic mass is 10.0. The van der Waals surface area contributed by atoms with E-state index in [1.165, 1.54) is 0 Å². The molecule has 0 atom stereocenters. The molecule has 0 saturated heterocycles. The third-order valence-corrected chi connectivity index (χ3v) is 7.16. The van der Waals surface area contributed by atoms with Gasteiger partial charge in [-0.1, -0.05) is 49.1 Å². The summed E-state index contributed by atoms with van der Waals surface area (Å²) in [6.45, 7) is 0. The van der Waals surface area contributed by atoms with Gasteiger partial charge in [-0.2, -0.15) is 0 Å². The molecule has 138 valence electrons. The molecule has 1 fully saturated rings. The number of nitrogens with one attached hydrogen (secondary N) is 1. The Morgan fingerprint density at radius 1 is 1.04 bits per heavy atom. The summed E-state index contributed by atoms with van der Waals surface area (Å²) in [7, 11) is -3.17. The van der Waals surface area contributed by atoms with E-state index in [-0.39, 0.29) is 16.9 Å². The van der Waals surface area contributed by atoms with Gasteiger partial charge in [0.1, 0.15) is 0 Å². The first-order valence-electron chi connectivity index (χ1n) is 8.81. The second-order valence-electron chi connectivity index (χ2n) is 6.73. The van der Waals surface area contributed by atoms with Gasteiger partial charge in [-0.05, 0) is 48.7 Å². The Labute approximate surface area is 159 Å². The van der Waals surface area contributed by atoms with E-state index in [0.29, 0.717) is 21.8 Å². The van der Waals surface area contributed by atoms with Gasteiger partial charge in [0.2, 0.25) is 0 Å². The maximum absolute atomic E-state index is 12.6. The van der Waals surface area contributed by atoms with Crippen molar-refractivity contribution >= 4 is 33.0 Å². The molecule has 0 heterocycles. The van der Waals surface area contributed by atoms with Crippen molar-refractivity contribution in [2.45, 2.75) is 43.1 Å². The van der Waals surface area contributed by atoms with Crippen LogP contribution in [0.1, 0.15) is 48.0 Å². The number of sulfone groups is 1. The molecule has 0 unspecified atom stereocenters. The molecule has 0 spiro atoms. The standard InChI is InChI=1S/C20H22ClNO3S/c21-17-8-5-7-16(13-17)20(23)22-18-9-4-6-15(12-18)14-26(24,25)19-10-2-1-3-11-19/h4-9,12-13,19H,1-3,10-11,14H2,(H,22,23). The summed E-state index contributed by atoms with van der Waals surface area (Å²) in [6, 6.07) is 13.7. The summed E-state index contributed by atoms with van der Waals surface area (Å²) >= 11 is 5.92. The third-order valence-electron chi connectivity index (χ3n) is 4.70. The van der Waals surface area contributed by atoms with Crippen molar-refractivity contribution in [2.24, 2.45) is 0 Å². The van der Waals surface area contributed by atoms with Crippen molar-refractivity contribution in [1.82, 2.24) is 0 Å². The fraction of sp³-hybridized carbons (Fsp3) is 0.350. The van der Waals surface area contributed by atoms with E-state index in [1.54, 1.807) is 48.5 Å². The predicted octanol–water partition coefficient (Wildman–Crippen LogP) is 4.84. The Hall–Kier alpha value is -1.85. The van der Waals surface area contributed by atoms with Crippen LogP contribution in [-0.2, 0) is 15.6 Å². The molecule has 1 saturated carbocycles. The largest absolute Gasteiger partial charge is 0.322 e. The van der Waals surface area contributed by atoms with Crippen molar-refractivity contribution in [1.29, 1.82) is 0 Å². The Kier molecular flexibility index (Phi) is 5.99. The quantitative estimate of drug-likeness (QED) is 0.793. The van der Waals surface area contributed by atoms with E-state index in [4.69, 9.17) is 11.6 Å². The van der Waals surface area contributed by atoms with Gasteiger partial charge in [0, 0.05) is 16.3 Å². The number of benzene rings is 2. The molecule has 4 nitrogen and oxygen atoms in total. The highest BCUT2D eigenvalue weighted by molar-refractivity contribution is 7.91. The van der Waals surface area contributed by atoms with E-state index >= 15 is 0 Å². The number of amides is 1. The van der Waals surface area contributed by atoms with Crippen LogP contribution in [-0.4, -0.2) is 19.6 Å². The maximum atomic E-state index is 12.6. The summed E-state index contributed by atoms with van der Waals surface area (Å²) in [5.74, 6) is -0.266. The first-order chi connectivity index (χ1) is 12.4. The first-order valence-corrected chi connectivity index (χ1v) is 10.9. The van der Waals surface area contributed by atoms with Crippen molar-refractivity contribution < 1.29 is 13.2 Å². The van der Waals surface area contributed by atoms with Crippen molar-refractivity contribution in [3.8, 4) is 0 Å². The summed E-state index contributed by atoms with van der Waals surface area (Å²) in [4.78, 5) is 12.3. The summed E-state index contributed by atoms with van der Waals surface area (Å²) in [6.07, 6.45) is 4.61. The zero-order valence-electron chi connectivity index (χ0n) is 14.4. The lowest BCUT2D eigenvalue weighted by Crippen LogP contribution is -2.25. The second-order valence-corrected chi connectivity index (χ2v) is 9.45. The number of halogens is 1. The van der Waals surface area contributed by atoms with Crippen LogP contribution in [0.5, 0.6) is 0 Å². The topological polar surface area (TPSA) is 63.2 Å². The van der Waals surface area contributed by atoms with Crippen LogP contribution >= 0.6 is 11.6 Å². The van der Waals surface area contributed by atoms with Gasteiger partial charge < -0.3 is 5.32 Å². The number of hydrogen-bond acceptors (Lipinski definition) is 3. The smallest absolute Gasteiger partial charge is 0.255 e. The van der Waals surface area contributed by atoms with Gasteiger partial charge in [-0.15, -0.1) is 0 Å². The molecule has 1 N–H and O–H groups in total. The van der Waals surface area contributed by atoms with Crippen LogP contribution in [0.25, 0.3) is 0 Å². The van der Waals surface area contributed by atoms with Crippen LogP contribution in [0.15, 0.2) is 48.5 Å². The Morgan fingerprint density at radius 3 is 2.50 bits per heavy atom. The van der Waals surface area contributed by atoms with Crippen molar-refractivity contribution in [3.05, 3.63) is 64.7 Å². The third kappa shape index (κ3) is 4.86. The molecule has 1 aliphatic rings. The molecule has 6 heteroatoms. The van der Waals surface area contributed by atoms with Crippen LogP contribution in [0.4, 0.5) is 5.69 Å². The molecule has 3 rings (SSSR count). The minimum Gasteiger partial charge on any atom is -0.322 e.